The second-order valence-corrected chi connectivity index (χ2v) is 6.47. The van der Waals surface area contributed by atoms with Gasteiger partial charge in [0.2, 0.25) is 0 Å². The molecule has 1 atom stereocenters. The summed E-state index contributed by atoms with van der Waals surface area (Å²) in [6.45, 7) is 5.60. The van der Waals surface area contributed by atoms with Gasteiger partial charge in [0, 0.05) is 37.6 Å². The van der Waals surface area contributed by atoms with E-state index in [1.54, 1.807) is 13.0 Å². The standard InChI is InChI=1S/C17H23FN4O3/c1-17(23,10-22-3-5-25-6-4-22)9-19-16-12-7-15(24-2)13(18)8-14(12)20-11-21-16/h7-8,11,23H,3-6,9-10H2,1-2H3,(H,19,20,21). The van der Waals surface area contributed by atoms with E-state index >= 15 is 0 Å². The maximum Gasteiger partial charge on any atom is 0.167 e. The first-order valence-electron chi connectivity index (χ1n) is 8.23. The number of methoxy groups -OCH3 is 1. The first-order chi connectivity index (χ1) is 12.0. The SMILES string of the molecule is COc1cc2c(NCC(C)(O)CN3CCOCC3)ncnc2cc1F. The van der Waals surface area contributed by atoms with Crippen LogP contribution in [0.2, 0.25) is 0 Å². The molecule has 136 valence electrons. The van der Waals surface area contributed by atoms with Crippen LogP contribution in [0.15, 0.2) is 18.5 Å². The molecule has 0 spiro atoms. The van der Waals surface area contributed by atoms with E-state index in [1.807, 2.05) is 0 Å². The number of aromatic nitrogens is 2. The summed E-state index contributed by atoms with van der Waals surface area (Å²) in [4.78, 5) is 10.5. The van der Waals surface area contributed by atoms with Crippen molar-refractivity contribution in [3.8, 4) is 5.75 Å². The zero-order valence-electron chi connectivity index (χ0n) is 14.5. The number of halogens is 1. The van der Waals surface area contributed by atoms with Crippen molar-refractivity contribution < 1.29 is 19.0 Å². The van der Waals surface area contributed by atoms with E-state index in [0.29, 0.717) is 43.0 Å². The van der Waals surface area contributed by atoms with Gasteiger partial charge in [0.15, 0.2) is 11.6 Å². The van der Waals surface area contributed by atoms with Gasteiger partial charge in [-0.05, 0) is 13.0 Å². The van der Waals surface area contributed by atoms with Gasteiger partial charge in [0.1, 0.15) is 12.1 Å². The maximum absolute atomic E-state index is 13.8. The second-order valence-electron chi connectivity index (χ2n) is 6.47. The van der Waals surface area contributed by atoms with Crippen LogP contribution in [0.4, 0.5) is 10.2 Å². The van der Waals surface area contributed by atoms with Gasteiger partial charge in [0.05, 0.1) is 31.4 Å². The largest absolute Gasteiger partial charge is 0.494 e. The number of nitrogens with zero attached hydrogens (tertiary/aromatic N) is 3. The number of morpholine rings is 1. The average molecular weight is 350 g/mol. The molecule has 0 aliphatic carbocycles. The number of hydrogen-bond donors (Lipinski definition) is 2. The Balaban J connectivity index is 1.73. The molecule has 0 saturated carbocycles. The molecule has 8 heteroatoms. The minimum absolute atomic E-state index is 0.130. The van der Waals surface area contributed by atoms with Crippen molar-refractivity contribution in [2.24, 2.45) is 0 Å². The van der Waals surface area contributed by atoms with Gasteiger partial charge in [-0.15, -0.1) is 0 Å². The molecule has 2 aromatic rings. The quantitative estimate of drug-likeness (QED) is 0.812. The van der Waals surface area contributed by atoms with Crippen LogP contribution in [0.3, 0.4) is 0 Å². The van der Waals surface area contributed by atoms with E-state index < -0.39 is 11.4 Å². The number of ether oxygens (including phenoxy) is 2. The van der Waals surface area contributed by atoms with E-state index in [1.165, 1.54) is 19.5 Å². The molecule has 0 radical (unpaired) electrons. The molecule has 3 rings (SSSR count). The van der Waals surface area contributed by atoms with Gasteiger partial charge < -0.3 is 19.9 Å². The van der Waals surface area contributed by atoms with Crippen LogP contribution in [-0.4, -0.2) is 72.1 Å². The molecule has 0 amide bonds. The Kier molecular flexibility index (Phi) is 5.31. The molecule has 1 aliphatic rings. The zero-order valence-corrected chi connectivity index (χ0v) is 14.5. The van der Waals surface area contributed by atoms with Crippen molar-refractivity contribution in [2.75, 3.05) is 51.8 Å². The minimum Gasteiger partial charge on any atom is -0.494 e. The molecule has 1 fully saturated rings. The van der Waals surface area contributed by atoms with Crippen molar-refractivity contribution in [3.63, 3.8) is 0 Å². The number of hydrogen-bond acceptors (Lipinski definition) is 7. The molecule has 2 heterocycles. The third-order valence-corrected chi connectivity index (χ3v) is 4.21. The van der Waals surface area contributed by atoms with E-state index in [-0.39, 0.29) is 5.75 Å². The van der Waals surface area contributed by atoms with Gasteiger partial charge in [-0.2, -0.15) is 0 Å². The van der Waals surface area contributed by atoms with Crippen LogP contribution in [0, 0.1) is 5.82 Å². The van der Waals surface area contributed by atoms with Crippen molar-refractivity contribution in [1.29, 1.82) is 0 Å². The lowest BCUT2D eigenvalue weighted by Crippen LogP contribution is -2.49. The Labute approximate surface area is 145 Å². The fraction of sp³-hybridized carbons (Fsp3) is 0.529. The third kappa shape index (κ3) is 4.33. The van der Waals surface area contributed by atoms with Crippen LogP contribution in [-0.2, 0) is 4.74 Å². The zero-order chi connectivity index (χ0) is 17.9. The lowest BCUT2D eigenvalue weighted by atomic mass is 10.1. The highest BCUT2D eigenvalue weighted by molar-refractivity contribution is 5.90. The predicted octanol–water partition coefficient (Wildman–Crippen LogP) is 1.27. The summed E-state index contributed by atoms with van der Waals surface area (Å²) in [5.74, 6) is 0.190. The molecule has 1 aromatic heterocycles. The Bertz CT molecular complexity index is 735. The van der Waals surface area contributed by atoms with Gasteiger partial charge >= 0.3 is 0 Å². The molecule has 2 N–H and O–H groups in total. The van der Waals surface area contributed by atoms with Gasteiger partial charge in [-0.25, -0.2) is 14.4 Å². The Hall–Kier alpha value is -2.03. The number of nitrogens with one attached hydrogen (secondary N) is 1. The normalized spacial score (nSPS) is 18.1. The molecule has 1 saturated heterocycles. The van der Waals surface area contributed by atoms with Crippen molar-refractivity contribution in [2.45, 2.75) is 12.5 Å². The number of β-amino-alcohol motifs (C(OH)–C–C–N with tert-alkyl or cyclic N) is 1. The topological polar surface area (TPSA) is 79.7 Å². The van der Waals surface area contributed by atoms with Crippen LogP contribution in [0.5, 0.6) is 5.75 Å². The van der Waals surface area contributed by atoms with Crippen molar-refractivity contribution in [1.82, 2.24) is 14.9 Å². The Morgan fingerprint density at radius 1 is 1.36 bits per heavy atom. The summed E-state index contributed by atoms with van der Waals surface area (Å²) in [5.41, 5.74) is -0.470. The second kappa shape index (κ2) is 7.47. The number of anilines is 1. The van der Waals surface area contributed by atoms with Gasteiger partial charge in [0.25, 0.3) is 0 Å². The van der Waals surface area contributed by atoms with Crippen molar-refractivity contribution >= 4 is 16.7 Å². The van der Waals surface area contributed by atoms with E-state index in [0.717, 1.165) is 13.1 Å². The summed E-state index contributed by atoms with van der Waals surface area (Å²) in [5, 5.41) is 14.5. The highest BCUT2D eigenvalue weighted by Gasteiger charge is 2.25. The highest BCUT2D eigenvalue weighted by atomic mass is 19.1. The molecule has 0 bridgehead atoms. The van der Waals surface area contributed by atoms with Crippen LogP contribution in [0.1, 0.15) is 6.92 Å². The summed E-state index contributed by atoms with van der Waals surface area (Å²) >= 11 is 0. The summed E-state index contributed by atoms with van der Waals surface area (Å²) < 4.78 is 24.2. The Morgan fingerprint density at radius 3 is 2.84 bits per heavy atom. The molecule has 1 unspecified atom stereocenters. The smallest absolute Gasteiger partial charge is 0.167 e. The molecule has 1 aromatic carbocycles. The van der Waals surface area contributed by atoms with E-state index in [2.05, 4.69) is 20.2 Å². The fourth-order valence-electron chi connectivity index (χ4n) is 2.93. The highest BCUT2D eigenvalue weighted by Crippen LogP contribution is 2.27. The number of rotatable bonds is 6. The summed E-state index contributed by atoms with van der Waals surface area (Å²) in [7, 11) is 1.41. The van der Waals surface area contributed by atoms with E-state index in [4.69, 9.17) is 9.47 Å². The summed E-state index contributed by atoms with van der Waals surface area (Å²) in [6, 6.07) is 2.87. The van der Waals surface area contributed by atoms with Gasteiger partial charge in [-0.3, -0.25) is 4.90 Å². The fourth-order valence-corrected chi connectivity index (χ4v) is 2.93. The maximum atomic E-state index is 13.8. The Morgan fingerprint density at radius 2 is 2.12 bits per heavy atom. The minimum atomic E-state index is -0.946. The molecular formula is C17H23FN4O3. The molecular weight excluding hydrogens is 327 g/mol. The summed E-state index contributed by atoms with van der Waals surface area (Å²) in [6.07, 6.45) is 1.37. The third-order valence-electron chi connectivity index (χ3n) is 4.21. The molecule has 1 aliphatic heterocycles. The molecule has 7 nitrogen and oxygen atoms in total. The first-order valence-corrected chi connectivity index (χ1v) is 8.23. The number of aliphatic hydroxyl groups is 1. The number of fused-ring (bicyclic) bond motifs is 1. The van der Waals surface area contributed by atoms with Gasteiger partial charge in [-0.1, -0.05) is 0 Å². The van der Waals surface area contributed by atoms with E-state index in [9.17, 15) is 9.50 Å². The van der Waals surface area contributed by atoms with Crippen LogP contribution < -0.4 is 10.1 Å². The van der Waals surface area contributed by atoms with Crippen molar-refractivity contribution in [3.05, 3.63) is 24.3 Å². The van der Waals surface area contributed by atoms with Crippen LogP contribution in [0.25, 0.3) is 10.9 Å². The molecule has 25 heavy (non-hydrogen) atoms. The predicted molar refractivity (Wildman–Crippen MR) is 92.4 cm³/mol. The lowest BCUT2D eigenvalue weighted by molar-refractivity contribution is -0.0163. The monoisotopic (exact) mass is 350 g/mol. The average Bonchev–Trinajstić information content (AvgIpc) is 2.59. The van der Waals surface area contributed by atoms with Crippen LogP contribution >= 0.6 is 0 Å². The first kappa shape index (κ1) is 17.8. The number of benzene rings is 1. The lowest BCUT2D eigenvalue weighted by Gasteiger charge is -2.34.